The first-order valence-corrected chi connectivity index (χ1v) is 9.28. The second-order valence-electron chi connectivity index (χ2n) is 6.42. The molecule has 0 bridgehead atoms. The monoisotopic (exact) mass is 353 g/mol. The molecular weight excluding hydrogens is 334 g/mol. The van der Waals surface area contributed by atoms with E-state index in [4.69, 9.17) is 0 Å². The van der Waals surface area contributed by atoms with Crippen molar-refractivity contribution in [1.29, 1.82) is 0 Å². The molecule has 1 saturated heterocycles. The van der Waals surface area contributed by atoms with Crippen LogP contribution in [-0.2, 0) is 11.2 Å². The minimum absolute atomic E-state index is 0.220. The van der Waals surface area contributed by atoms with Gasteiger partial charge in [0.1, 0.15) is 10.0 Å². The minimum atomic E-state index is 0.220. The molecule has 0 aromatic carbocycles. The summed E-state index contributed by atoms with van der Waals surface area (Å²) in [5, 5.41) is 11.0. The first-order valence-electron chi connectivity index (χ1n) is 8.46. The van der Waals surface area contributed by atoms with Crippen LogP contribution >= 0.6 is 11.3 Å². The number of carbonyl (C=O) groups excluding carboxylic acids is 1. The van der Waals surface area contributed by atoms with Crippen molar-refractivity contribution in [3.05, 3.63) is 35.2 Å². The van der Waals surface area contributed by atoms with E-state index in [1.54, 1.807) is 23.7 Å². The standard InChI is InChI=1S/C18H19N5OS/c1-12-21-22-18(25-12)14-6-13-7-15(19-10-17(13)20-9-14)8-16(24)11-23-4-2-3-5-23/h6-7,9-10H,2-5,8,11H2,1H3. The Kier molecular flexibility index (Phi) is 4.50. The first kappa shape index (κ1) is 16.2. The Hall–Kier alpha value is -2.25. The molecule has 1 fully saturated rings. The zero-order valence-corrected chi connectivity index (χ0v) is 14.9. The molecule has 4 heterocycles. The van der Waals surface area contributed by atoms with Crippen molar-refractivity contribution in [2.45, 2.75) is 26.2 Å². The SMILES string of the molecule is Cc1nnc(-c2cnc3cnc(CC(=O)CN4CCCC4)cc3c2)s1. The van der Waals surface area contributed by atoms with Crippen LogP contribution in [0, 0.1) is 6.92 Å². The molecular formula is C18H19N5OS. The summed E-state index contributed by atoms with van der Waals surface area (Å²) in [4.78, 5) is 23.4. The van der Waals surface area contributed by atoms with Crippen LogP contribution in [0.1, 0.15) is 23.5 Å². The number of hydrogen-bond donors (Lipinski definition) is 0. The summed E-state index contributed by atoms with van der Waals surface area (Å²) in [6.07, 6.45) is 6.29. The van der Waals surface area contributed by atoms with Crippen LogP contribution in [0.2, 0.25) is 0 Å². The summed E-state index contributed by atoms with van der Waals surface area (Å²) in [5.74, 6) is 0.220. The van der Waals surface area contributed by atoms with E-state index in [9.17, 15) is 4.79 Å². The highest BCUT2D eigenvalue weighted by Crippen LogP contribution is 2.25. The van der Waals surface area contributed by atoms with Gasteiger partial charge in [0.2, 0.25) is 0 Å². The fourth-order valence-corrected chi connectivity index (χ4v) is 3.82. The number of likely N-dealkylation sites (tertiary alicyclic amines) is 1. The number of Topliss-reactive ketones (excluding diaryl/α,β-unsaturated/α-hetero) is 1. The van der Waals surface area contributed by atoms with Gasteiger partial charge in [0.25, 0.3) is 0 Å². The lowest BCUT2D eigenvalue weighted by atomic mass is 10.1. The predicted molar refractivity (Wildman–Crippen MR) is 97.6 cm³/mol. The molecule has 7 heteroatoms. The number of aryl methyl sites for hydroxylation is 1. The number of rotatable bonds is 5. The number of fused-ring (bicyclic) bond motifs is 1. The Balaban J connectivity index is 1.54. The Bertz CT molecular complexity index is 917. The molecule has 6 nitrogen and oxygen atoms in total. The molecule has 0 atom stereocenters. The van der Waals surface area contributed by atoms with E-state index in [0.717, 1.165) is 45.3 Å². The number of nitrogens with zero attached hydrogens (tertiary/aromatic N) is 5. The van der Waals surface area contributed by atoms with E-state index in [0.29, 0.717) is 13.0 Å². The van der Waals surface area contributed by atoms with Gasteiger partial charge in [-0.05, 0) is 45.0 Å². The van der Waals surface area contributed by atoms with Crippen molar-refractivity contribution in [2.75, 3.05) is 19.6 Å². The third kappa shape index (κ3) is 3.72. The molecule has 0 N–H and O–H groups in total. The highest BCUT2D eigenvalue weighted by molar-refractivity contribution is 7.14. The number of carbonyl (C=O) groups is 1. The van der Waals surface area contributed by atoms with Crippen molar-refractivity contribution < 1.29 is 4.79 Å². The van der Waals surface area contributed by atoms with Gasteiger partial charge in [-0.25, -0.2) is 0 Å². The fourth-order valence-electron chi connectivity index (χ4n) is 3.15. The largest absolute Gasteiger partial charge is 0.298 e. The molecule has 0 radical (unpaired) electrons. The Morgan fingerprint density at radius 2 is 2.00 bits per heavy atom. The molecule has 25 heavy (non-hydrogen) atoms. The summed E-state index contributed by atoms with van der Waals surface area (Å²) in [6, 6.07) is 4.00. The van der Waals surface area contributed by atoms with Gasteiger partial charge < -0.3 is 0 Å². The van der Waals surface area contributed by atoms with Gasteiger partial charge in [0.15, 0.2) is 5.78 Å². The van der Waals surface area contributed by atoms with Gasteiger partial charge in [-0.2, -0.15) is 0 Å². The average molecular weight is 353 g/mol. The maximum absolute atomic E-state index is 12.3. The summed E-state index contributed by atoms with van der Waals surface area (Å²) in [5.41, 5.74) is 2.56. The Morgan fingerprint density at radius 1 is 1.16 bits per heavy atom. The molecule has 0 spiro atoms. The lowest BCUT2D eigenvalue weighted by Crippen LogP contribution is -2.27. The zero-order valence-electron chi connectivity index (χ0n) is 14.1. The quantitative estimate of drug-likeness (QED) is 0.702. The Labute approximate surface area is 149 Å². The van der Waals surface area contributed by atoms with E-state index in [2.05, 4.69) is 25.1 Å². The topological polar surface area (TPSA) is 71.9 Å². The smallest absolute Gasteiger partial charge is 0.152 e. The van der Waals surface area contributed by atoms with Crippen LogP contribution in [0.15, 0.2) is 24.5 Å². The highest BCUT2D eigenvalue weighted by Gasteiger charge is 2.16. The minimum Gasteiger partial charge on any atom is -0.298 e. The number of hydrogen-bond acceptors (Lipinski definition) is 7. The van der Waals surface area contributed by atoms with Gasteiger partial charge >= 0.3 is 0 Å². The summed E-state index contributed by atoms with van der Waals surface area (Å²) < 4.78 is 0. The second kappa shape index (κ2) is 6.93. The van der Waals surface area contributed by atoms with E-state index >= 15 is 0 Å². The van der Waals surface area contributed by atoms with Crippen LogP contribution < -0.4 is 0 Å². The average Bonchev–Trinajstić information content (AvgIpc) is 3.26. The number of pyridine rings is 2. The molecule has 0 aliphatic carbocycles. The van der Waals surface area contributed by atoms with E-state index in [1.165, 1.54) is 12.8 Å². The molecule has 0 saturated carbocycles. The molecule has 0 unspecified atom stereocenters. The molecule has 4 rings (SSSR count). The van der Waals surface area contributed by atoms with Crippen LogP contribution in [0.4, 0.5) is 0 Å². The number of aromatic nitrogens is 4. The highest BCUT2D eigenvalue weighted by atomic mass is 32.1. The van der Waals surface area contributed by atoms with Crippen LogP contribution in [0.5, 0.6) is 0 Å². The van der Waals surface area contributed by atoms with Gasteiger partial charge in [0, 0.05) is 22.8 Å². The molecule has 0 amide bonds. The maximum Gasteiger partial charge on any atom is 0.152 e. The van der Waals surface area contributed by atoms with E-state index in [1.807, 2.05) is 19.1 Å². The van der Waals surface area contributed by atoms with Crippen LogP contribution in [0.25, 0.3) is 21.5 Å². The lowest BCUT2D eigenvalue weighted by Gasteiger charge is -2.13. The summed E-state index contributed by atoms with van der Waals surface area (Å²) in [6.45, 7) is 4.53. The van der Waals surface area contributed by atoms with Crippen LogP contribution in [0.3, 0.4) is 0 Å². The van der Waals surface area contributed by atoms with Gasteiger partial charge in [-0.15, -0.1) is 10.2 Å². The molecule has 3 aromatic heterocycles. The van der Waals surface area contributed by atoms with E-state index in [-0.39, 0.29) is 5.78 Å². The third-order valence-corrected chi connectivity index (χ3v) is 5.26. The van der Waals surface area contributed by atoms with Gasteiger partial charge in [0.05, 0.1) is 24.7 Å². The maximum atomic E-state index is 12.3. The molecule has 3 aromatic rings. The van der Waals surface area contributed by atoms with Crippen molar-refractivity contribution in [1.82, 2.24) is 25.1 Å². The van der Waals surface area contributed by atoms with E-state index < -0.39 is 0 Å². The van der Waals surface area contributed by atoms with Gasteiger partial charge in [-0.1, -0.05) is 11.3 Å². The normalized spacial score (nSPS) is 15.1. The third-order valence-electron chi connectivity index (χ3n) is 4.37. The lowest BCUT2D eigenvalue weighted by molar-refractivity contribution is -0.119. The van der Waals surface area contributed by atoms with Crippen molar-refractivity contribution >= 4 is 28.0 Å². The summed E-state index contributed by atoms with van der Waals surface area (Å²) >= 11 is 1.54. The van der Waals surface area contributed by atoms with Crippen molar-refractivity contribution in [2.24, 2.45) is 0 Å². The van der Waals surface area contributed by atoms with Crippen molar-refractivity contribution in [3.8, 4) is 10.6 Å². The van der Waals surface area contributed by atoms with Crippen LogP contribution in [-0.4, -0.2) is 50.5 Å². The second-order valence-corrected chi connectivity index (χ2v) is 7.60. The van der Waals surface area contributed by atoms with Crippen molar-refractivity contribution in [3.63, 3.8) is 0 Å². The van der Waals surface area contributed by atoms with Gasteiger partial charge in [-0.3, -0.25) is 19.7 Å². The molecule has 1 aliphatic heterocycles. The first-order chi connectivity index (χ1) is 12.2. The molecule has 1 aliphatic rings. The zero-order chi connectivity index (χ0) is 17.2. The Morgan fingerprint density at radius 3 is 2.76 bits per heavy atom. The fraction of sp³-hybridized carbons (Fsp3) is 0.389. The summed E-state index contributed by atoms with van der Waals surface area (Å²) in [7, 11) is 0. The molecule has 128 valence electrons. The predicted octanol–water partition coefficient (Wildman–Crippen LogP) is 2.66. The number of ketones is 1.